The van der Waals surface area contributed by atoms with Crippen molar-refractivity contribution in [3.05, 3.63) is 160 Å². The van der Waals surface area contributed by atoms with Crippen LogP contribution in [0.25, 0.3) is 11.1 Å². The maximum Gasteiger partial charge on any atom is 0.339 e. The Balaban J connectivity index is 1.26. The van der Waals surface area contributed by atoms with Crippen LogP contribution in [0.15, 0.2) is 127 Å². The molecule has 0 heterocycles. The van der Waals surface area contributed by atoms with Gasteiger partial charge in [0, 0.05) is 23.3 Å². The predicted molar refractivity (Wildman–Crippen MR) is 150 cm³/mol. The Morgan fingerprint density at radius 3 is 2.00 bits per heavy atom. The van der Waals surface area contributed by atoms with Gasteiger partial charge >= 0.3 is 5.97 Å². The summed E-state index contributed by atoms with van der Waals surface area (Å²) in [5.74, 6) is 0.0260. The van der Waals surface area contributed by atoms with E-state index < -0.39 is 10.9 Å². The molecule has 0 radical (unpaired) electrons. The summed E-state index contributed by atoms with van der Waals surface area (Å²) >= 11 is 0. The fraction of sp³-hybridized carbons (Fsp3) is 0.0303. The van der Waals surface area contributed by atoms with Crippen molar-refractivity contribution in [3.63, 3.8) is 0 Å². The molecule has 5 aromatic rings. The SMILES string of the molecule is O=C(OCc1cccc(Oc2ccc([N+](=O)[O-])cc2)c1)c1ccccc1C(=O)c1ccc(-c2ccccc2)cc1. The Bertz CT molecular complexity index is 1660. The summed E-state index contributed by atoms with van der Waals surface area (Å²) in [5.41, 5.74) is 3.59. The number of hydrogen-bond acceptors (Lipinski definition) is 6. The molecular weight excluding hydrogens is 506 g/mol. The molecule has 5 rings (SSSR count). The first kappa shape index (κ1) is 26.1. The molecule has 0 aliphatic heterocycles. The van der Waals surface area contributed by atoms with Gasteiger partial charge in [-0.05, 0) is 47.0 Å². The lowest BCUT2D eigenvalue weighted by molar-refractivity contribution is -0.384. The predicted octanol–water partition coefficient (Wildman–Crippen LogP) is 7.64. The Hall–Kier alpha value is -5.56. The normalized spacial score (nSPS) is 10.5. The summed E-state index contributed by atoms with van der Waals surface area (Å²) in [6.07, 6.45) is 0. The fourth-order valence-corrected chi connectivity index (χ4v) is 4.16. The number of nitrogens with zero attached hydrogens (tertiary/aromatic N) is 1. The lowest BCUT2D eigenvalue weighted by Gasteiger charge is -2.11. The first-order valence-electron chi connectivity index (χ1n) is 12.5. The first-order valence-corrected chi connectivity index (χ1v) is 12.5. The van der Waals surface area contributed by atoms with E-state index >= 15 is 0 Å². The van der Waals surface area contributed by atoms with Gasteiger partial charge in [0.2, 0.25) is 0 Å². The molecule has 40 heavy (non-hydrogen) atoms. The maximum absolute atomic E-state index is 13.3. The summed E-state index contributed by atoms with van der Waals surface area (Å²) in [6.45, 7) is -0.0371. The molecule has 0 aliphatic rings. The monoisotopic (exact) mass is 529 g/mol. The average molecular weight is 530 g/mol. The molecule has 196 valence electrons. The number of esters is 1. The molecule has 7 nitrogen and oxygen atoms in total. The zero-order valence-corrected chi connectivity index (χ0v) is 21.2. The van der Waals surface area contributed by atoms with Gasteiger partial charge in [-0.1, -0.05) is 84.9 Å². The van der Waals surface area contributed by atoms with Gasteiger partial charge in [0.05, 0.1) is 10.5 Å². The summed E-state index contributed by atoms with van der Waals surface area (Å²) < 4.78 is 11.3. The van der Waals surface area contributed by atoms with Crippen LogP contribution in [0.3, 0.4) is 0 Å². The molecular formula is C33H23NO6. The van der Waals surface area contributed by atoms with Crippen molar-refractivity contribution in [2.24, 2.45) is 0 Å². The van der Waals surface area contributed by atoms with Crippen molar-refractivity contribution in [3.8, 4) is 22.6 Å². The number of non-ortho nitro benzene ring substituents is 1. The van der Waals surface area contributed by atoms with E-state index in [1.165, 1.54) is 24.3 Å². The number of nitro groups is 1. The van der Waals surface area contributed by atoms with Crippen LogP contribution >= 0.6 is 0 Å². The van der Waals surface area contributed by atoms with Gasteiger partial charge in [-0.2, -0.15) is 0 Å². The summed E-state index contributed by atoms with van der Waals surface area (Å²) in [7, 11) is 0. The number of rotatable bonds is 9. The smallest absolute Gasteiger partial charge is 0.339 e. The molecule has 0 atom stereocenters. The number of benzene rings is 5. The van der Waals surface area contributed by atoms with Gasteiger partial charge in [0.1, 0.15) is 18.1 Å². The second-order valence-electron chi connectivity index (χ2n) is 8.89. The molecule has 7 heteroatoms. The van der Waals surface area contributed by atoms with E-state index in [1.54, 1.807) is 60.7 Å². The zero-order chi connectivity index (χ0) is 27.9. The molecule has 0 unspecified atom stereocenters. The quantitative estimate of drug-likeness (QED) is 0.0842. The van der Waals surface area contributed by atoms with Gasteiger partial charge in [0.25, 0.3) is 5.69 Å². The minimum Gasteiger partial charge on any atom is -0.457 e. The highest BCUT2D eigenvalue weighted by atomic mass is 16.6. The van der Waals surface area contributed by atoms with Gasteiger partial charge in [0.15, 0.2) is 5.78 Å². The van der Waals surface area contributed by atoms with Gasteiger partial charge in [-0.25, -0.2) is 4.79 Å². The van der Waals surface area contributed by atoms with Crippen LogP contribution in [0.4, 0.5) is 5.69 Å². The van der Waals surface area contributed by atoms with Crippen LogP contribution in [-0.2, 0) is 11.3 Å². The lowest BCUT2D eigenvalue weighted by Crippen LogP contribution is -2.12. The number of carbonyl (C=O) groups excluding carboxylic acids is 2. The average Bonchev–Trinajstić information content (AvgIpc) is 3.00. The summed E-state index contributed by atoms with van der Waals surface area (Å²) in [5, 5.41) is 10.8. The van der Waals surface area contributed by atoms with Crippen LogP contribution in [0.5, 0.6) is 11.5 Å². The third-order valence-corrected chi connectivity index (χ3v) is 6.20. The molecule has 0 amide bonds. The van der Waals surface area contributed by atoms with E-state index in [9.17, 15) is 19.7 Å². The highest BCUT2D eigenvalue weighted by Gasteiger charge is 2.19. The van der Waals surface area contributed by atoms with Crippen molar-refractivity contribution in [1.82, 2.24) is 0 Å². The van der Waals surface area contributed by atoms with Crippen LogP contribution in [0.2, 0.25) is 0 Å². The van der Waals surface area contributed by atoms with E-state index in [0.29, 0.717) is 22.6 Å². The highest BCUT2D eigenvalue weighted by Crippen LogP contribution is 2.26. The second-order valence-corrected chi connectivity index (χ2v) is 8.89. The van der Waals surface area contributed by atoms with Crippen molar-refractivity contribution < 1.29 is 24.0 Å². The minimum absolute atomic E-state index is 0.0315. The van der Waals surface area contributed by atoms with Crippen molar-refractivity contribution in [2.45, 2.75) is 6.61 Å². The molecule has 0 N–H and O–H groups in total. The van der Waals surface area contributed by atoms with Gasteiger partial charge in [-0.15, -0.1) is 0 Å². The molecule has 0 spiro atoms. The Labute approximate surface area is 230 Å². The molecule has 0 aromatic heterocycles. The van der Waals surface area contributed by atoms with E-state index in [0.717, 1.165) is 11.1 Å². The fourth-order valence-electron chi connectivity index (χ4n) is 4.16. The van der Waals surface area contributed by atoms with E-state index in [-0.39, 0.29) is 29.2 Å². The van der Waals surface area contributed by atoms with E-state index in [4.69, 9.17) is 9.47 Å². The highest BCUT2D eigenvalue weighted by molar-refractivity contribution is 6.14. The number of hydrogen-bond donors (Lipinski definition) is 0. The first-order chi connectivity index (χ1) is 19.5. The standard InChI is InChI=1S/C33H23NO6/c35-32(26-15-13-25(14-16-26)24-8-2-1-3-9-24)30-11-4-5-12-31(30)33(36)39-22-23-7-6-10-29(21-23)40-28-19-17-27(18-20-28)34(37)38/h1-21H,22H2. The van der Waals surface area contributed by atoms with Gasteiger partial charge < -0.3 is 9.47 Å². The number of nitro benzene ring substituents is 1. The Morgan fingerprint density at radius 2 is 1.30 bits per heavy atom. The van der Waals surface area contributed by atoms with E-state index in [1.807, 2.05) is 42.5 Å². The van der Waals surface area contributed by atoms with Crippen molar-refractivity contribution in [2.75, 3.05) is 0 Å². The molecule has 0 bridgehead atoms. The van der Waals surface area contributed by atoms with Crippen LogP contribution in [0, 0.1) is 10.1 Å². The molecule has 0 aliphatic carbocycles. The number of carbonyl (C=O) groups is 2. The van der Waals surface area contributed by atoms with E-state index in [2.05, 4.69) is 0 Å². The number of ether oxygens (including phenoxy) is 2. The minimum atomic E-state index is -0.619. The van der Waals surface area contributed by atoms with Crippen LogP contribution in [-0.4, -0.2) is 16.7 Å². The maximum atomic E-state index is 13.3. The van der Waals surface area contributed by atoms with Crippen molar-refractivity contribution >= 4 is 17.4 Å². The molecule has 0 fully saturated rings. The Morgan fingerprint density at radius 1 is 0.650 bits per heavy atom. The van der Waals surface area contributed by atoms with Crippen LogP contribution in [0.1, 0.15) is 31.8 Å². The number of ketones is 1. The lowest BCUT2D eigenvalue weighted by atomic mass is 9.96. The Kier molecular flexibility index (Phi) is 7.74. The summed E-state index contributed by atoms with van der Waals surface area (Å²) in [4.78, 5) is 36.7. The second kappa shape index (κ2) is 11.9. The molecule has 5 aromatic carbocycles. The largest absolute Gasteiger partial charge is 0.457 e. The molecule has 0 saturated carbocycles. The topological polar surface area (TPSA) is 95.7 Å². The zero-order valence-electron chi connectivity index (χ0n) is 21.2. The van der Waals surface area contributed by atoms with Crippen LogP contribution < -0.4 is 4.74 Å². The summed E-state index contributed by atoms with van der Waals surface area (Å²) in [6, 6.07) is 36.4. The third-order valence-electron chi connectivity index (χ3n) is 6.20. The third kappa shape index (κ3) is 6.11. The molecule has 0 saturated heterocycles. The van der Waals surface area contributed by atoms with Gasteiger partial charge in [-0.3, -0.25) is 14.9 Å². The van der Waals surface area contributed by atoms with Crippen molar-refractivity contribution in [1.29, 1.82) is 0 Å².